The van der Waals surface area contributed by atoms with E-state index < -0.39 is 22.5 Å². The Morgan fingerprint density at radius 3 is 2.24 bits per heavy atom. The predicted octanol–water partition coefficient (Wildman–Crippen LogP) is 4.77. The van der Waals surface area contributed by atoms with Crippen molar-refractivity contribution in [1.29, 1.82) is 0 Å². The van der Waals surface area contributed by atoms with Crippen molar-refractivity contribution in [2.75, 3.05) is 10.8 Å². The minimum atomic E-state index is -3.96. The number of aryl methyl sites for hydroxylation is 2. The molecule has 3 rings (SSSR count). The smallest absolute Gasteiger partial charge is 0.264 e. The van der Waals surface area contributed by atoms with E-state index in [4.69, 9.17) is 0 Å². The highest BCUT2D eigenvalue weighted by atomic mass is 32.2. The minimum absolute atomic E-state index is 0.122. The first kappa shape index (κ1) is 24.2. The molecule has 0 aliphatic heterocycles. The van der Waals surface area contributed by atoms with Gasteiger partial charge in [0.2, 0.25) is 0 Å². The van der Waals surface area contributed by atoms with Crippen molar-refractivity contribution in [2.45, 2.75) is 38.5 Å². The van der Waals surface area contributed by atoms with Gasteiger partial charge >= 0.3 is 0 Å². The van der Waals surface area contributed by atoms with Gasteiger partial charge in [-0.05, 0) is 55.2 Å². The summed E-state index contributed by atoms with van der Waals surface area (Å²) in [7, 11) is -3.96. The lowest BCUT2D eigenvalue weighted by Crippen LogP contribution is -2.39. The number of amides is 1. The van der Waals surface area contributed by atoms with Gasteiger partial charge in [0.05, 0.1) is 16.8 Å². The summed E-state index contributed by atoms with van der Waals surface area (Å²) < 4.78 is 28.0. The Morgan fingerprint density at radius 1 is 0.970 bits per heavy atom. The monoisotopic (exact) mass is 463 g/mol. The van der Waals surface area contributed by atoms with E-state index in [2.05, 4.69) is 24.4 Å². The van der Waals surface area contributed by atoms with Crippen molar-refractivity contribution >= 4 is 27.8 Å². The van der Waals surface area contributed by atoms with Gasteiger partial charge in [0.25, 0.3) is 15.9 Å². The molecule has 0 aliphatic rings. The van der Waals surface area contributed by atoms with Crippen LogP contribution in [-0.2, 0) is 14.8 Å². The predicted molar refractivity (Wildman–Crippen MR) is 133 cm³/mol. The molecular formula is C26H29N3O3S. The third-order valence-electron chi connectivity index (χ3n) is 5.19. The Bertz CT molecular complexity index is 1230. The van der Waals surface area contributed by atoms with Crippen LogP contribution in [-0.4, -0.2) is 27.1 Å². The number of hydrogen-bond acceptors (Lipinski definition) is 4. The van der Waals surface area contributed by atoms with Gasteiger partial charge in [-0.2, -0.15) is 5.10 Å². The van der Waals surface area contributed by atoms with Crippen molar-refractivity contribution in [1.82, 2.24) is 5.43 Å². The molecule has 0 fully saturated rings. The maximum absolute atomic E-state index is 13.4. The zero-order valence-electron chi connectivity index (χ0n) is 19.3. The van der Waals surface area contributed by atoms with E-state index in [9.17, 15) is 13.2 Å². The van der Waals surface area contributed by atoms with Gasteiger partial charge in [0.15, 0.2) is 0 Å². The quantitative estimate of drug-likeness (QED) is 0.386. The van der Waals surface area contributed by atoms with Gasteiger partial charge in [-0.3, -0.25) is 9.10 Å². The Kier molecular flexibility index (Phi) is 7.66. The lowest BCUT2D eigenvalue weighted by Gasteiger charge is -2.24. The number of hydrogen-bond donors (Lipinski definition) is 1. The number of hydrazone groups is 1. The van der Waals surface area contributed by atoms with Gasteiger partial charge in [-0.15, -0.1) is 0 Å². The summed E-state index contributed by atoms with van der Waals surface area (Å²) in [6.45, 7) is 7.58. The lowest BCUT2D eigenvalue weighted by molar-refractivity contribution is -0.119. The van der Waals surface area contributed by atoms with E-state index in [1.165, 1.54) is 6.21 Å². The van der Waals surface area contributed by atoms with Crippen LogP contribution < -0.4 is 9.73 Å². The minimum Gasteiger partial charge on any atom is -0.271 e. The maximum Gasteiger partial charge on any atom is 0.264 e. The molecule has 0 aromatic heterocycles. The molecular weight excluding hydrogens is 434 g/mol. The van der Waals surface area contributed by atoms with E-state index in [-0.39, 0.29) is 4.90 Å². The molecule has 7 heteroatoms. The van der Waals surface area contributed by atoms with Gasteiger partial charge < -0.3 is 0 Å². The topological polar surface area (TPSA) is 78.8 Å². The van der Waals surface area contributed by atoms with Crippen LogP contribution in [0.25, 0.3) is 0 Å². The second-order valence-corrected chi connectivity index (χ2v) is 10.1. The Balaban J connectivity index is 1.86. The highest BCUT2D eigenvalue weighted by Gasteiger charge is 2.27. The summed E-state index contributed by atoms with van der Waals surface area (Å²) >= 11 is 0. The fraction of sp³-hybridized carbons (Fsp3) is 0.231. The first-order chi connectivity index (χ1) is 15.7. The number of carbonyl (C=O) groups excluding carboxylic acids is 1. The van der Waals surface area contributed by atoms with Crippen LogP contribution in [0.3, 0.4) is 0 Å². The Hall–Kier alpha value is -3.45. The summed E-state index contributed by atoms with van der Waals surface area (Å²) in [5.74, 6) is -0.233. The molecule has 0 atom stereocenters. The van der Waals surface area contributed by atoms with Gasteiger partial charge in [0.1, 0.15) is 6.54 Å². The third kappa shape index (κ3) is 6.29. The van der Waals surface area contributed by atoms with E-state index in [0.29, 0.717) is 11.6 Å². The van der Waals surface area contributed by atoms with Crippen LogP contribution >= 0.6 is 0 Å². The third-order valence-corrected chi connectivity index (χ3v) is 6.98. The van der Waals surface area contributed by atoms with Crippen molar-refractivity contribution in [2.24, 2.45) is 5.10 Å². The molecule has 0 heterocycles. The molecule has 172 valence electrons. The average Bonchev–Trinajstić information content (AvgIpc) is 2.78. The number of sulfonamides is 1. The van der Waals surface area contributed by atoms with Crippen LogP contribution in [0, 0.1) is 13.8 Å². The normalized spacial score (nSPS) is 11.7. The summed E-state index contributed by atoms with van der Waals surface area (Å²) in [5.41, 5.74) is 6.79. The SMILES string of the molecule is Cc1ccc(S(=O)(=O)N(CC(=O)N/N=C\c2cccc(C)c2)c2ccc(C(C)C)cc2)cc1. The molecule has 0 bridgehead atoms. The Morgan fingerprint density at radius 2 is 1.64 bits per heavy atom. The molecule has 1 N–H and O–H groups in total. The lowest BCUT2D eigenvalue weighted by atomic mass is 10.0. The zero-order valence-corrected chi connectivity index (χ0v) is 20.1. The van der Waals surface area contributed by atoms with Crippen LogP contribution in [0.2, 0.25) is 0 Å². The zero-order chi connectivity index (χ0) is 24.0. The van der Waals surface area contributed by atoms with Crippen molar-refractivity contribution in [3.05, 3.63) is 95.1 Å². The first-order valence-corrected chi connectivity index (χ1v) is 12.2. The van der Waals surface area contributed by atoms with Crippen LogP contribution in [0.5, 0.6) is 0 Å². The maximum atomic E-state index is 13.4. The second-order valence-electron chi connectivity index (χ2n) is 8.28. The molecule has 3 aromatic carbocycles. The van der Waals surface area contributed by atoms with Gasteiger partial charge in [-0.1, -0.05) is 73.5 Å². The van der Waals surface area contributed by atoms with Gasteiger partial charge in [0, 0.05) is 0 Å². The molecule has 0 spiro atoms. The van der Waals surface area contributed by atoms with Crippen molar-refractivity contribution in [3.63, 3.8) is 0 Å². The van der Waals surface area contributed by atoms with Gasteiger partial charge in [-0.25, -0.2) is 13.8 Å². The number of carbonyl (C=O) groups is 1. The molecule has 0 saturated heterocycles. The fourth-order valence-corrected chi connectivity index (χ4v) is 4.69. The molecule has 0 unspecified atom stereocenters. The van der Waals surface area contributed by atoms with Crippen LogP contribution in [0.1, 0.15) is 42.0 Å². The number of benzene rings is 3. The molecule has 0 radical (unpaired) electrons. The van der Waals surface area contributed by atoms with Crippen molar-refractivity contribution < 1.29 is 13.2 Å². The second kappa shape index (κ2) is 10.4. The largest absolute Gasteiger partial charge is 0.271 e. The molecule has 1 amide bonds. The van der Waals surface area contributed by atoms with E-state index in [1.54, 1.807) is 36.4 Å². The number of nitrogens with zero attached hydrogens (tertiary/aromatic N) is 2. The molecule has 3 aromatic rings. The van der Waals surface area contributed by atoms with Crippen molar-refractivity contribution in [3.8, 4) is 0 Å². The summed E-state index contributed by atoms with van der Waals surface area (Å²) in [5, 5.41) is 3.99. The van der Waals surface area contributed by atoms with E-state index in [1.807, 2.05) is 50.2 Å². The molecule has 0 aliphatic carbocycles. The molecule has 6 nitrogen and oxygen atoms in total. The standard InChI is InChI=1S/C26H29N3O3S/c1-19(2)23-10-12-24(13-11-23)29(33(31,32)25-14-8-20(3)9-15-25)18-26(30)28-27-17-22-7-5-6-21(4)16-22/h5-17,19H,18H2,1-4H3,(H,28,30)/b27-17-. The average molecular weight is 464 g/mol. The number of rotatable bonds is 8. The van der Waals surface area contributed by atoms with E-state index >= 15 is 0 Å². The first-order valence-electron chi connectivity index (χ1n) is 10.7. The summed E-state index contributed by atoms with van der Waals surface area (Å²) in [4.78, 5) is 12.8. The highest BCUT2D eigenvalue weighted by molar-refractivity contribution is 7.92. The number of nitrogens with one attached hydrogen (secondary N) is 1. The summed E-state index contributed by atoms with van der Waals surface area (Å²) in [6, 6.07) is 21.4. The fourth-order valence-electron chi connectivity index (χ4n) is 3.27. The summed E-state index contributed by atoms with van der Waals surface area (Å²) in [6.07, 6.45) is 1.53. The highest BCUT2D eigenvalue weighted by Crippen LogP contribution is 2.26. The van der Waals surface area contributed by atoms with E-state index in [0.717, 1.165) is 26.6 Å². The molecule has 0 saturated carbocycles. The number of anilines is 1. The van der Waals surface area contributed by atoms with Crippen LogP contribution in [0.15, 0.2) is 82.8 Å². The van der Waals surface area contributed by atoms with Crippen LogP contribution in [0.4, 0.5) is 5.69 Å². The Labute approximate surface area is 196 Å². The molecule has 33 heavy (non-hydrogen) atoms.